The van der Waals surface area contributed by atoms with Crippen LogP contribution in [0.5, 0.6) is 0 Å². The van der Waals surface area contributed by atoms with Crippen molar-refractivity contribution in [1.82, 2.24) is 39.5 Å². The molecule has 11 rings (SSSR count). The minimum absolute atomic E-state index is 0.0224. The van der Waals surface area contributed by atoms with Crippen LogP contribution >= 0.6 is 0 Å². The minimum atomic E-state index is -4.77. The number of benzene rings is 7. The Kier molecular flexibility index (Phi) is 10.6. The molecule has 0 fully saturated rings. The maximum Gasteiger partial charge on any atom is 0.416 e. The summed E-state index contributed by atoms with van der Waals surface area (Å²) < 4.78 is 87.7. The first-order valence-electron chi connectivity index (χ1n) is 21.5. The molecule has 0 unspecified atom stereocenters. The lowest BCUT2D eigenvalue weighted by Gasteiger charge is -2.18. The lowest BCUT2D eigenvalue weighted by molar-refractivity contribution is -0.138. The maximum atomic E-state index is 14.3. The molecule has 0 saturated carbocycles. The molecule has 11 aromatic rings. The molecule has 0 aliphatic rings. The first-order valence-corrected chi connectivity index (χ1v) is 21.5. The number of pyridine rings is 1. The first kappa shape index (κ1) is 42.7. The highest BCUT2D eigenvalue weighted by Crippen LogP contribution is 2.44. The molecule has 7 aromatic carbocycles. The van der Waals surface area contributed by atoms with Crippen LogP contribution in [0.2, 0.25) is 0 Å². The van der Waals surface area contributed by atoms with E-state index in [2.05, 4.69) is 4.98 Å². The molecule has 14 heteroatoms. The van der Waals surface area contributed by atoms with Gasteiger partial charge in [-0.15, -0.1) is 0 Å². The van der Waals surface area contributed by atoms with Crippen molar-refractivity contribution < 1.29 is 26.3 Å². The fourth-order valence-corrected chi connectivity index (χ4v) is 8.40. The molecule has 4 aromatic heterocycles. The summed E-state index contributed by atoms with van der Waals surface area (Å²) in [6.07, 6.45) is -6.33. The summed E-state index contributed by atoms with van der Waals surface area (Å²) in [5.41, 5.74) is 3.80. The molecule has 0 atom stereocenters. The third kappa shape index (κ3) is 8.22. The lowest BCUT2D eigenvalue weighted by atomic mass is 9.96. The minimum Gasteiger partial charge on any atom is -0.309 e. The van der Waals surface area contributed by atoms with E-state index in [9.17, 15) is 26.3 Å². The van der Waals surface area contributed by atoms with Crippen LogP contribution in [0.25, 0.3) is 107 Å². The molecule has 0 saturated heterocycles. The number of alkyl halides is 6. The summed E-state index contributed by atoms with van der Waals surface area (Å²) in [6.45, 7) is 0. The van der Waals surface area contributed by atoms with Crippen molar-refractivity contribution in [2.75, 3.05) is 0 Å². The molecule has 0 aliphatic carbocycles. The number of halogens is 6. The molecule has 8 nitrogen and oxygen atoms in total. The molecular formula is C55H32F6N8. The first-order chi connectivity index (χ1) is 33.5. The topological polar surface area (TPSA) is 95.2 Å². The molecule has 69 heavy (non-hydrogen) atoms. The second-order valence-corrected chi connectivity index (χ2v) is 16.0. The fourth-order valence-electron chi connectivity index (χ4n) is 8.40. The smallest absolute Gasteiger partial charge is 0.309 e. The second-order valence-electron chi connectivity index (χ2n) is 16.0. The van der Waals surface area contributed by atoms with Gasteiger partial charge >= 0.3 is 12.4 Å². The van der Waals surface area contributed by atoms with Crippen LogP contribution in [0.15, 0.2) is 194 Å². The van der Waals surface area contributed by atoms with Crippen LogP contribution < -0.4 is 0 Å². The van der Waals surface area contributed by atoms with Crippen LogP contribution in [0, 0.1) is 0 Å². The van der Waals surface area contributed by atoms with E-state index >= 15 is 0 Å². The van der Waals surface area contributed by atoms with Gasteiger partial charge in [-0.1, -0.05) is 121 Å². The van der Waals surface area contributed by atoms with Gasteiger partial charge in [-0.05, 0) is 66.2 Å². The zero-order chi connectivity index (χ0) is 47.3. The van der Waals surface area contributed by atoms with Crippen LogP contribution in [0.1, 0.15) is 11.1 Å². The van der Waals surface area contributed by atoms with E-state index in [-0.39, 0.29) is 27.6 Å². The Morgan fingerprint density at radius 2 is 0.725 bits per heavy atom. The van der Waals surface area contributed by atoms with E-state index in [1.54, 1.807) is 35.2 Å². The van der Waals surface area contributed by atoms with Crippen molar-refractivity contribution in [2.45, 2.75) is 12.4 Å². The molecule has 4 heterocycles. The van der Waals surface area contributed by atoms with Gasteiger partial charge in [0, 0.05) is 62.1 Å². The average Bonchev–Trinajstić information content (AvgIpc) is 3.72. The highest BCUT2D eigenvalue weighted by atomic mass is 19.4. The van der Waals surface area contributed by atoms with E-state index in [0.29, 0.717) is 57.1 Å². The van der Waals surface area contributed by atoms with Crippen molar-refractivity contribution in [2.24, 2.45) is 0 Å². The summed E-state index contributed by atoms with van der Waals surface area (Å²) >= 11 is 0. The van der Waals surface area contributed by atoms with Crippen LogP contribution in [0.4, 0.5) is 26.3 Å². The van der Waals surface area contributed by atoms with Gasteiger partial charge < -0.3 is 4.57 Å². The fraction of sp³-hybridized carbons (Fsp3) is 0.0364. The zero-order valence-corrected chi connectivity index (χ0v) is 35.8. The van der Waals surface area contributed by atoms with Gasteiger partial charge in [-0.3, -0.25) is 4.98 Å². The van der Waals surface area contributed by atoms with Gasteiger partial charge in [-0.25, -0.2) is 29.9 Å². The van der Waals surface area contributed by atoms with Gasteiger partial charge in [0.15, 0.2) is 34.9 Å². The number of rotatable bonds is 8. The van der Waals surface area contributed by atoms with Gasteiger partial charge in [0.05, 0.1) is 27.8 Å². The van der Waals surface area contributed by atoms with Gasteiger partial charge in [-0.2, -0.15) is 26.3 Å². The van der Waals surface area contributed by atoms with Crippen molar-refractivity contribution in [3.05, 3.63) is 206 Å². The van der Waals surface area contributed by atoms with Crippen LogP contribution in [-0.2, 0) is 12.4 Å². The van der Waals surface area contributed by atoms with Gasteiger partial charge in [0.1, 0.15) is 0 Å². The SMILES string of the molecule is FC(F)(F)c1ccc2c(c1)c1cc(C(F)(F)F)ccc1n2-c1ccc(-c2nc(-c3ccccc3)nc(-c3ccccc3)n2)cc1-c1ccncc1-c1nc(-c2ccccc2)nc(-c2ccccc2)n1. The predicted octanol–water partition coefficient (Wildman–Crippen LogP) is 14.3. The standard InChI is InChI=1S/C55H32F6N8/c56-54(57,58)38-22-25-46-42(30-38)43-31-39(55(59,60)61)23-26-47(43)69(46)45-24-21-37(52-65-48(33-13-5-1-6-14-33)63-49(66-52)34-15-7-2-8-16-34)29-41(45)40-27-28-62-32-44(40)53-67-50(35-17-9-3-10-18-35)64-51(68-53)36-19-11-4-12-20-36/h1-32H. The number of aromatic nitrogens is 8. The summed E-state index contributed by atoms with van der Waals surface area (Å²) in [7, 11) is 0. The summed E-state index contributed by atoms with van der Waals surface area (Å²) in [6, 6.07) is 51.1. The van der Waals surface area contributed by atoms with Crippen LogP contribution in [-0.4, -0.2) is 39.5 Å². The third-order valence-electron chi connectivity index (χ3n) is 11.7. The number of nitrogens with zero attached hydrogens (tertiary/aromatic N) is 8. The molecule has 0 aliphatic heterocycles. The molecule has 0 radical (unpaired) electrons. The van der Waals surface area contributed by atoms with Gasteiger partial charge in [0.2, 0.25) is 0 Å². The molecule has 0 spiro atoms. The Morgan fingerprint density at radius 3 is 1.13 bits per heavy atom. The van der Waals surface area contributed by atoms with E-state index in [1.165, 1.54) is 12.1 Å². The Morgan fingerprint density at radius 1 is 0.333 bits per heavy atom. The van der Waals surface area contributed by atoms with Crippen molar-refractivity contribution in [3.63, 3.8) is 0 Å². The molecule has 0 N–H and O–H groups in total. The molecule has 0 bridgehead atoms. The van der Waals surface area contributed by atoms with Crippen LogP contribution in [0.3, 0.4) is 0 Å². The second kappa shape index (κ2) is 17.1. The van der Waals surface area contributed by atoms with Crippen molar-refractivity contribution in [3.8, 4) is 85.1 Å². The van der Waals surface area contributed by atoms with Crippen molar-refractivity contribution in [1.29, 1.82) is 0 Å². The predicted molar refractivity (Wildman–Crippen MR) is 253 cm³/mol. The number of hydrogen-bond acceptors (Lipinski definition) is 7. The molecule has 0 amide bonds. The summed E-state index contributed by atoms with van der Waals surface area (Å²) in [4.78, 5) is 34.2. The number of hydrogen-bond donors (Lipinski definition) is 0. The third-order valence-corrected chi connectivity index (χ3v) is 11.7. The monoisotopic (exact) mass is 918 g/mol. The Hall–Kier alpha value is -8.91. The lowest BCUT2D eigenvalue weighted by Crippen LogP contribution is -2.05. The Labute approximate surface area is 389 Å². The Balaban J connectivity index is 1.21. The molecule has 334 valence electrons. The zero-order valence-electron chi connectivity index (χ0n) is 35.8. The highest BCUT2D eigenvalue weighted by Gasteiger charge is 2.34. The largest absolute Gasteiger partial charge is 0.416 e. The summed E-state index contributed by atoms with van der Waals surface area (Å²) in [5.74, 6) is 2.15. The summed E-state index contributed by atoms with van der Waals surface area (Å²) in [5, 5.41) is -0.0447. The average molecular weight is 919 g/mol. The quantitative estimate of drug-likeness (QED) is 0.140. The van der Waals surface area contributed by atoms with Crippen molar-refractivity contribution >= 4 is 21.8 Å². The normalized spacial score (nSPS) is 11.9. The maximum absolute atomic E-state index is 14.3. The van der Waals surface area contributed by atoms with E-state index in [0.717, 1.165) is 46.5 Å². The van der Waals surface area contributed by atoms with Gasteiger partial charge in [0.25, 0.3) is 0 Å². The number of fused-ring (bicyclic) bond motifs is 3. The van der Waals surface area contributed by atoms with E-state index in [1.807, 2.05) is 127 Å². The highest BCUT2D eigenvalue weighted by molar-refractivity contribution is 6.10. The Bertz CT molecular complexity index is 3510. The van der Waals surface area contributed by atoms with E-state index in [4.69, 9.17) is 29.9 Å². The molecular weight excluding hydrogens is 887 g/mol. The van der Waals surface area contributed by atoms with E-state index < -0.39 is 23.5 Å².